The van der Waals surface area contributed by atoms with Crippen LogP contribution in [0.25, 0.3) is 0 Å². The maximum Gasteiger partial charge on any atom is 0.338 e. The van der Waals surface area contributed by atoms with Gasteiger partial charge in [0.05, 0.1) is 18.2 Å². The topological polar surface area (TPSA) is 50.1 Å². The first-order valence-electron chi connectivity index (χ1n) is 3.89. The first-order valence-corrected chi connectivity index (χ1v) is 4.97. The maximum atomic E-state index is 11.3. The minimum atomic E-state index is -0.411. The number of carbonyl (C=O) groups is 1. The second-order valence-corrected chi connectivity index (χ2v) is 3.80. The highest BCUT2D eigenvalue weighted by Gasteiger charge is 2.14. The summed E-state index contributed by atoms with van der Waals surface area (Å²) in [6.07, 6.45) is 0. The van der Waals surface area contributed by atoms with Crippen LogP contribution in [-0.2, 0) is 4.74 Å². The molecule has 0 atom stereocenters. The van der Waals surface area contributed by atoms with E-state index in [-0.39, 0.29) is 0 Å². The third-order valence-corrected chi connectivity index (χ3v) is 2.99. The van der Waals surface area contributed by atoms with Gasteiger partial charge < -0.3 is 4.74 Å². The Bertz CT molecular complexity index is 421. The molecule has 0 N–H and O–H groups in total. The highest BCUT2D eigenvalue weighted by Crippen LogP contribution is 2.20. The molecular formula is C10H8INO2. The van der Waals surface area contributed by atoms with Gasteiger partial charge in [0.25, 0.3) is 0 Å². The molecule has 1 rings (SSSR count). The molecule has 0 aliphatic heterocycles. The van der Waals surface area contributed by atoms with Crippen LogP contribution in [0.2, 0.25) is 0 Å². The summed E-state index contributed by atoms with van der Waals surface area (Å²) >= 11 is 1.98. The maximum absolute atomic E-state index is 11.3. The molecule has 0 aliphatic carbocycles. The molecule has 72 valence electrons. The Morgan fingerprint density at radius 2 is 2.21 bits per heavy atom. The number of hydrogen-bond acceptors (Lipinski definition) is 3. The molecule has 0 aliphatic rings. The molecule has 14 heavy (non-hydrogen) atoms. The molecule has 0 radical (unpaired) electrons. The van der Waals surface area contributed by atoms with Gasteiger partial charge in [-0.3, -0.25) is 0 Å². The number of rotatable bonds is 1. The number of nitrogens with zero attached hydrogens (tertiary/aromatic N) is 1. The Labute approximate surface area is 95.8 Å². The largest absolute Gasteiger partial charge is 0.465 e. The fourth-order valence-corrected chi connectivity index (χ4v) is 2.02. The zero-order chi connectivity index (χ0) is 10.7. The van der Waals surface area contributed by atoms with Crippen molar-refractivity contribution >= 4 is 28.6 Å². The fourth-order valence-electron chi connectivity index (χ4n) is 1.08. The average molecular weight is 301 g/mol. The van der Waals surface area contributed by atoms with Crippen LogP contribution in [0, 0.1) is 21.8 Å². The van der Waals surface area contributed by atoms with Gasteiger partial charge in [-0.1, -0.05) is 6.07 Å². The van der Waals surface area contributed by atoms with Crippen molar-refractivity contribution in [3.63, 3.8) is 0 Å². The minimum absolute atomic E-state index is 0.411. The molecule has 1 aromatic carbocycles. The third kappa shape index (κ3) is 1.87. The summed E-state index contributed by atoms with van der Waals surface area (Å²) in [5, 5.41) is 8.87. The van der Waals surface area contributed by atoms with E-state index in [9.17, 15) is 4.79 Å². The average Bonchev–Trinajstić information content (AvgIpc) is 2.18. The van der Waals surface area contributed by atoms with Gasteiger partial charge in [-0.15, -0.1) is 0 Å². The van der Waals surface area contributed by atoms with Crippen LogP contribution in [0.3, 0.4) is 0 Å². The van der Waals surface area contributed by atoms with E-state index in [1.165, 1.54) is 7.11 Å². The standard InChI is InChI=1S/C10H8INO2/c1-6-3-4-7(10(13)14-2)9(11)8(6)5-12/h3-4H,1-2H3. The predicted octanol–water partition coefficient (Wildman–Crippen LogP) is 2.26. The van der Waals surface area contributed by atoms with Crippen molar-refractivity contribution in [2.75, 3.05) is 7.11 Å². The molecule has 1 aromatic rings. The first kappa shape index (κ1) is 11.0. The van der Waals surface area contributed by atoms with Crippen LogP contribution in [-0.4, -0.2) is 13.1 Å². The number of nitriles is 1. The van der Waals surface area contributed by atoms with Crippen molar-refractivity contribution in [1.29, 1.82) is 5.26 Å². The van der Waals surface area contributed by atoms with Crippen LogP contribution in [0.15, 0.2) is 12.1 Å². The lowest BCUT2D eigenvalue weighted by Crippen LogP contribution is -2.05. The lowest BCUT2D eigenvalue weighted by molar-refractivity contribution is 0.0599. The van der Waals surface area contributed by atoms with Gasteiger partial charge in [-0.25, -0.2) is 4.79 Å². The van der Waals surface area contributed by atoms with Crippen LogP contribution in [0.5, 0.6) is 0 Å². The van der Waals surface area contributed by atoms with Crippen molar-refractivity contribution in [2.24, 2.45) is 0 Å². The number of carbonyl (C=O) groups excluding carboxylic acids is 1. The zero-order valence-electron chi connectivity index (χ0n) is 7.80. The van der Waals surface area contributed by atoms with Gasteiger partial charge in [0.1, 0.15) is 6.07 Å². The summed E-state index contributed by atoms with van der Waals surface area (Å²) in [4.78, 5) is 11.3. The Morgan fingerprint density at radius 3 is 2.71 bits per heavy atom. The molecule has 0 aromatic heterocycles. The number of benzene rings is 1. The van der Waals surface area contributed by atoms with Crippen molar-refractivity contribution < 1.29 is 9.53 Å². The minimum Gasteiger partial charge on any atom is -0.465 e. The number of esters is 1. The zero-order valence-corrected chi connectivity index (χ0v) is 9.95. The summed E-state index contributed by atoms with van der Waals surface area (Å²) in [6, 6.07) is 5.48. The lowest BCUT2D eigenvalue weighted by atomic mass is 10.1. The SMILES string of the molecule is COC(=O)c1ccc(C)c(C#N)c1I. The molecule has 4 heteroatoms. The van der Waals surface area contributed by atoms with Gasteiger partial charge in [-0.2, -0.15) is 5.26 Å². The Balaban J connectivity index is 3.37. The Kier molecular flexibility index (Phi) is 3.47. The molecule has 0 fully saturated rings. The summed E-state index contributed by atoms with van der Waals surface area (Å²) in [5.74, 6) is -0.411. The van der Waals surface area contributed by atoms with Gasteiger partial charge >= 0.3 is 5.97 Å². The summed E-state index contributed by atoms with van der Waals surface area (Å²) in [6.45, 7) is 1.84. The van der Waals surface area contributed by atoms with Gasteiger partial charge in [0.2, 0.25) is 0 Å². The highest BCUT2D eigenvalue weighted by molar-refractivity contribution is 14.1. The van der Waals surface area contributed by atoms with E-state index in [0.29, 0.717) is 14.7 Å². The van der Waals surface area contributed by atoms with Crippen molar-refractivity contribution in [2.45, 2.75) is 6.92 Å². The van der Waals surface area contributed by atoms with E-state index in [1.54, 1.807) is 12.1 Å². The second-order valence-electron chi connectivity index (χ2n) is 2.72. The van der Waals surface area contributed by atoms with Crippen molar-refractivity contribution in [1.82, 2.24) is 0 Å². The van der Waals surface area contributed by atoms with Gasteiger partial charge in [0.15, 0.2) is 0 Å². The molecule has 3 nitrogen and oxygen atoms in total. The fraction of sp³-hybridized carbons (Fsp3) is 0.200. The Hall–Kier alpha value is -1.09. The third-order valence-electron chi connectivity index (χ3n) is 1.87. The van der Waals surface area contributed by atoms with Crippen LogP contribution in [0.1, 0.15) is 21.5 Å². The number of aryl methyl sites for hydroxylation is 1. The van der Waals surface area contributed by atoms with E-state index in [2.05, 4.69) is 10.8 Å². The van der Waals surface area contributed by atoms with E-state index in [4.69, 9.17) is 5.26 Å². The smallest absolute Gasteiger partial charge is 0.338 e. The molecule has 0 amide bonds. The van der Waals surface area contributed by atoms with E-state index < -0.39 is 5.97 Å². The molecular weight excluding hydrogens is 293 g/mol. The van der Waals surface area contributed by atoms with Crippen molar-refractivity contribution in [3.05, 3.63) is 32.4 Å². The number of ether oxygens (including phenoxy) is 1. The lowest BCUT2D eigenvalue weighted by Gasteiger charge is -2.05. The normalized spacial score (nSPS) is 9.29. The quantitative estimate of drug-likeness (QED) is 0.590. The van der Waals surface area contributed by atoms with Gasteiger partial charge in [-0.05, 0) is 41.1 Å². The van der Waals surface area contributed by atoms with Crippen molar-refractivity contribution in [3.8, 4) is 6.07 Å². The summed E-state index contributed by atoms with van der Waals surface area (Å²) < 4.78 is 5.25. The molecule has 0 saturated carbocycles. The van der Waals surface area contributed by atoms with Gasteiger partial charge in [0, 0.05) is 3.57 Å². The highest BCUT2D eigenvalue weighted by atomic mass is 127. The monoisotopic (exact) mass is 301 g/mol. The number of methoxy groups -OCH3 is 1. The molecule has 0 heterocycles. The van der Waals surface area contributed by atoms with Crippen LogP contribution >= 0.6 is 22.6 Å². The van der Waals surface area contributed by atoms with E-state index in [1.807, 2.05) is 29.5 Å². The molecule has 0 spiro atoms. The van der Waals surface area contributed by atoms with E-state index in [0.717, 1.165) is 5.56 Å². The van der Waals surface area contributed by atoms with Crippen LogP contribution in [0.4, 0.5) is 0 Å². The number of halogens is 1. The number of hydrogen-bond donors (Lipinski definition) is 0. The van der Waals surface area contributed by atoms with E-state index >= 15 is 0 Å². The second kappa shape index (κ2) is 4.42. The molecule has 0 unspecified atom stereocenters. The molecule has 0 saturated heterocycles. The predicted molar refractivity (Wildman–Crippen MR) is 60.0 cm³/mol. The van der Waals surface area contributed by atoms with Crippen LogP contribution < -0.4 is 0 Å². The molecule has 0 bridgehead atoms. The summed E-state index contributed by atoms with van der Waals surface area (Å²) in [7, 11) is 1.32. The Morgan fingerprint density at radius 1 is 1.57 bits per heavy atom. The summed E-state index contributed by atoms with van der Waals surface area (Å²) in [5.41, 5.74) is 1.84. The first-order chi connectivity index (χ1) is 6.61.